The number of ether oxygens (including phenoxy) is 1. The monoisotopic (exact) mass is 705 g/mol. The molecule has 2 heterocycles. The number of likely N-dealkylation sites (tertiary alicyclic amines) is 1. The molecule has 0 unspecified atom stereocenters. The molecule has 12 heteroatoms. The van der Waals surface area contributed by atoms with E-state index in [-0.39, 0.29) is 41.2 Å². The zero-order chi connectivity index (χ0) is 35.2. The van der Waals surface area contributed by atoms with Gasteiger partial charge in [-0.15, -0.1) is 0 Å². The Kier molecular flexibility index (Phi) is 7.83. The number of methoxy groups -OCH3 is 1. The van der Waals surface area contributed by atoms with Crippen LogP contribution in [0.25, 0.3) is 0 Å². The van der Waals surface area contributed by atoms with E-state index in [1.54, 1.807) is 36.4 Å². The standard InChI is InChI=1S/C37H34Cl2FN3O6/c1-36(2,3)42-32(45)24-14-13-23-25(29(24)34(42)47)17-26-33(46)43(41-22-11-9-21(40)10-12-22)35(48)37(26,19-5-7-20(38)8-6-19)30(23)18-15-27(39)31(44)28(16-18)49-4/h5-13,15-16,24-26,29-30,41,44H,14,17H2,1-4H3/t24-,25+,26-,29-,30-,37+/m0/s1. The first kappa shape index (κ1) is 33.1. The SMILES string of the molecule is COc1cc([C@H]2C3=CC[C@@H]4C(=O)N(C(C)(C)C)C(=O)[C@@H]4[C@@H]3C[C@H]3C(=O)N(Nc4ccc(F)cc4)C(=O)[C@@]23c2ccc(Cl)cc2)cc(Cl)c1O. The highest BCUT2D eigenvalue weighted by Crippen LogP contribution is 2.65. The van der Waals surface area contributed by atoms with Crippen molar-refractivity contribution in [1.29, 1.82) is 0 Å². The highest BCUT2D eigenvalue weighted by atomic mass is 35.5. The lowest BCUT2D eigenvalue weighted by Crippen LogP contribution is -2.53. The minimum absolute atomic E-state index is 0.0299. The summed E-state index contributed by atoms with van der Waals surface area (Å²) in [6.07, 6.45) is 2.29. The fraction of sp³-hybridized carbons (Fsp3) is 0.351. The van der Waals surface area contributed by atoms with Gasteiger partial charge in [0.15, 0.2) is 11.5 Å². The molecule has 6 atom stereocenters. The predicted molar refractivity (Wildman–Crippen MR) is 180 cm³/mol. The molecule has 2 aliphatic heterocycles. The second-order valence-corrected chi connectivity index (χ2v) is 15.0. The molecule has 2 aliphatic carbocycles. The molecule has 2 saturated heterocycles. The van der Waals surface area contributed by atoms with Gasteiger partial charge in [0.05, 0.1) is 41.0 Å². The van der Waals surface area contributed by atoms with E-state index in [0.717, 1.165) is 10.6 Å². The number of fused-ring (bicyclic) bond motifs is 4. The third kappa shape index (κ3) is 4.86. The lowest BCUT2D eigenvalue weighted by atomic mass is 9.49. The Labute approximate surface area is 292 Å². The summed E-state index contributed by atoms with van der Waals surface area (Å²) in [5, 5.41) is 12.1. The van der Waals surface area contributed by atoms with Crippen molar-refractivity contribution in [2.75, 3.05) is 12.5 Å². The van der Waals surface area contributed by atoms with Crippen LogP contribution in [0.3, 0.4) is 0 Å². The second-order valence-electron chi connectivity index (χ2n) is 14.1. The number of hydrogen-bond acceptors (Lipinski definition) is 7. The number of hydrazine groups is 1. The summed E-state index contributed by atoms with van der Waals surface area (Å²) in [6.45, 7) is 5.44. The summed E-state index contributed by atoms with van der Waals surface area (Å²) in [7, 11) is 1.38. The molecule has 4 amide bonds. The van der Waals surface area contributed by atoms with Crippen LogP contribution in [0.1, 0.15) is 50.7 Å². The molecule has 7 rings (SSSR count). The van der Waals surface area contributed by atoms with Gasteiger partial charge in [-0.25, -0.2) is 4.39 Å². The van der Waals surface area contributed by atoms with Crippen LogP contribution in [-0.4, -0.2) is 51.3 Å². The third-order valence-electron chi connectivity index (χ3n) is 10.5. The van der Waals surface area contributed by atoms with Gasteiger partial charge in [-0.1, -0.05) is 47.0 Å². The zero-order valence-electron chi connectivity index (χ0n) is 27.2. The Morgan fingerprint density at radius 1 is 0.939 bits per heavy atom. The Balaban J connectivity index is 1.49. The van der Waals surface area contributed by atoms with E-state index in [9.17, 15) is 23.9 Å². The first-order valence-corrected chi connectivity index (χ1v) is 16.8. The number of phenols is 1. The molecule has 2 N–H and O–H groups in total. The van der Waals surface area contributed by atoms with E-state index in [1.807, 2.05) is 26.8 Å². The molecule has 0 aromatic heterocycles. The van der Waals surface area contributed by atoms with Gasteiger partial charge >= 0.3 is 0 Å². The molecule has 3 aromatic rings. The molecule has 3 fully saturated rings. The Bertz CT molecular complexity index is 1940. The Morgan fingerprint density at radius 3 is 2.24 bits per heavy atom. The number of allylic oxidation sites excluding steroid dienone is 2. The van der Waals surface area contributed by atoms with E-state index in [4.69, 9.17) is 27.9 Å². The predicted octanol–water partition coefficient (Wildman–Crippen LogP) is 6.63. The first-order valence-electron chi connectivity index (χ1n) is 16.0. The highest BCUT2D eigenvalue weighted by molar-refractivity contribution is 6.32. The van der Waals surface area contributed by atoms with Crippen LogP contribution in [0.15, 0.2) is 72.3 Å². The smallest absolute Gasteiger partial charge is 0.260 e. The van der Waals surface area contributed by atoms with Gasteiger partial charge in [-0.3, -0.25) is 29.5 Å². The van der Waals surface area contributed by atoms with Crippen molar-refractivity contribution in [3.8, 4) is 11.5 Å². The number of imide groups is 2. The quantitative estimate of drug-likeness (QED) is 0.226. The van der Waals surface area contributed by atoms with Crippen molar-refractivity contribution >= 4 is 52.5 Å². The summed E-state index contributed by atoms with van der Waals surface area (Å²) < 4.78 is 19.3. The van der Waals surface area contributed by atoms with Crippen LogP contribution in [0, 0.1) is 29.5 Å². The number of benzene rings is 3. The molecular weight excluding hydrogens is 672 g/mol. The van der Waals surface area contributed by atoms with E-state index in [2.05, 4.69) is 5.43 Å². The molecular formula is C37H34Cl2FN3O6. The average molecular weight is 707 g/mol. The lowest BCUT2D eigenvalue weighted by molar-refractivity contribution is -0.146. The van der Waals surface area contributed by atoms with E-state index in [1.165, 1.54) is 36.3 Å². The van der Waals surface area contributed by atoms with Crippen molar-refractivity contribution in [3.63, 3.8) is 0 Å². The molecule has 0 radical (unpaired) electrons. The molecule has 254 valence electrons. The number of phenolic OH excluding ortho intramolecular Hbond substituents is 1. The second kappa shape index (κ2) is 11.6. The van der Waals surface area contributed by atoms with E-state index < -0.39 is 58.2 Å². The number of nitrogens with zero attached hydrogens (tertiary/aromatic N) is 2. The molecule has 4 aliphatic rings. The van der Waals surface area contributed by atoms with Crippen LogP contribution < -0.4 is 10.2 Å². The maximum absolute atomic E-state index is 15.2. The summed E-state index contributed by atoms with van der Waals surface area (Å²) in [6, 6.07) is 15.1. The highest BCUT2D eigenvalue weighted by Gasteiger charge is 2.70. The third-order valence-corrected chi connectivity index (χ3v) is 11.1. The Morgan fingerprint density at radius 2 is 1.61 bits per heavy atom. The van der Waals surface area contributed by atoms with Crippen LogP contribution in [-0.2, 0) is 24.6 Å². The Hall–Kier alpha value is -4.41. The van der Waals surface area contributed by atoms with Gasteiger partial charge in [0.1, 0.15) is 5.82 Å². The van der Waals surface area contributed by atoms with Crippen molar-refractivity contribution in [2.24, 2.45) is 23.7 Å². The van der Waals surface area contributed by atoms with E-state index in [0.29, 0.717) is 21.8 Å². The van der Waals surface area contributed by atoms with E-state index >= 15 is 4.79 Å². The maximum Gasteiger partial charge on any atom is 0.260 e. The minimum atomic E-state index is -1.59. The summed E-state index contributed by atoms with van der Waals surface area (Å²) in [5.41, 5.74) is 2.57. The number of carbonyl (C=O) groups is 4. The normalized spacial score (nSPS) is 27.9. The number of aromatic hydroxyl groups is 1. The largest absolute Gasteiger partial charge is 0.503 e. The van der Waals surface area contributed by atoms with Crippen LogP contribution in [0.5, 0.6) is 11.5 Å². The zero-order valence-corrected chi connectivity index (χ0v) is 28.7. The van der Waals surface area contributed by atoms with Crippen LogP contribution in [0.4, 0.5) is 10.1 Å². The van der Waals surface area contributed by atoms with Crippen LogP contribution >= 0.6 is 23.2 Å². The lowest BCUT2D eigenvalue weighted by Gasteiger charge is -2.50. The number of amides is 4. The first-order chi connectivity index (χ1) is 23.2. The minimum Gasteiger partial charge on any atom is -0.503 e. The van der Waals surface area contributed by atoms with Crippen molar-refractivity contribution in [1.82, 2.24) is 9.91 Å². The number of carbonyl (C=O) groups excluding carboxylic acids is 4. The van der Waals surface area contributed by atoms with Crippen LogP contribution in [0.2, 0.25) is 10.0 Å². The van der Waals surface area contributed by atoms with Crippen molar-refractivity contribution in [3.05, 3.63) is 99.3 Å². The average Bonchev–Trinajstić information content (AvgIpc) is 3.44. The number of rotatable bonds is 5. The van der Waals surface area contributed by atoms with Gasteiger partial charge in [0, 0.05) is 16.5 Å². The molecule has 1 saturated carbocycles. The topological polar surface area (TPSA) is 116 Å². The maximum atomic E-state index is 15.2. The van der Waals surface area contributed by atoms with Gasteiger partial charge in [-0.2, -0.15) is 5.01 Å². The molecule has 0 bridgehead atoms. The molecule has 49 heavy (non-hydrogen) atoms. The van der Waals surface area contributed by atoms with Gasteiger partial charge < -0.3 is 9.84 Å². The summed E-state index contributed by atoms with van der Waals surface area (Å²) in [5.74, 6) is -6.28. The fourth-order valence-corrected chi connectivity index (χ4v) is 8.95. The number of anilines is 1. The number of halogens is 3. The molecule has 0 spiro atoms. The summed E-state index contributed by atoms with van der Waals surface area (Å²) >= 11 is 12.9. The van der Waals surface area contributed by atoms with Crippen molar-refractivity contribution < 1.29 is 33.4 Å². The van der Waals surface area contributed by atoms with Gasteiger partial charge in [0.25, 0.3) is 11.8 Å². The number of hydrogen-bond donors (Lipinski definition) is 2. The molecule has 9 nitrogen and oxygen atoms in total. The molecule has 3 aromatic carbocycles. The fourth-order valence-electron chi connectivity index (χ4n) is 8.61. The van der Waals surface area contributed by atoms with Crippen molar-refractivity contribution in [2.45, 2.75) is 50.5 Å². The number of nitrogens with one attached hydrogen (secondary N) is 1. The van der Waals surface area contributed by atoms with Gasteiger partial charge in [0.2, 0.25) is 11.8 Å². The van der Waals surface area contributed by atoms with Gasteiger partial charge in [-0.05, 0) is 99.2 Å². The summed E-state index contributed by atoms with van der Waals surface area (Å²) in [4.78, 5) is 59.2.